The summed E-state index contributed by atoms with van der Waals surface area (Å²) in [6, 6.07) is 10.9. The average Bonchev–Trinajstić information content (AvgIpc) is 3.01. The Hall–Kier alpha value is -3.08. The third-order valence-corrected chi connectivity index (χ3v) is 5.76. The predicted molar refractivity (Wildman–Crippen MR) is 120 cm³/mol. The number of aryl methyl sites for hydroxylation is 1. The van der Waals surface area contributed by atoms with E-state index in [4.69, 9.17) is 4.55 Å². The Kier molecular flexibility index (Phi) is 6.54. The van der Waals surface area contributed by atoms with E-state index >= 15 is 0 Å². The van der Waals surface area contributed by atoms with Gasteiger partial charge in [-0.1, -0.05) is 0 Å². The molecule has 0 saturated heterocycles. The minimum Gasteiger partial charge on any atom is -0.395 e. The van der Waals surface area contributed by atoms with E-state index < -0.39 is 16.0 Å². The van der Waals surface area contributed by atoms with Gasteiger partial charge in [-0.2, -0.15) is 18.5 Å². The molecule has 0 aromatic heterocycles. The molecule has 0 unspecified atom stereocenters. The van der Waals surface area contributed by atoms with Crippen LogP contribution in [0.15, 0.2) is 57.5 Å². The molecule has 1 amide bonds. The minimum atomic E-state index is -4.32. The number of anilines is 2. The number of aliphatic hydroxyl groups is 1. The van der Waals surface area contributed by atoms with Crippen molar-refractivity contribution in [1.82, 2.24) is 0 Å². The summed E-state index contributed by atoms with van der Waals surface area (Å²) < 4.78 is 31.5. The molecule has 2 N–H and O–H groups in total. The van der Waals surface area contributed by atoms with Gasteiger partial charge in [-0.15, -0.1) is 0 Å². The lowest BCUT2D eigenvalue weighted by Gasteiger charge is -2.22. The van der Waals surface area contributed by atoms with Crippen molar-refractivity contribution in [2.75, 3.05) is 29.6 Å². The highest BCUT2D eigenvalue weighted by Gasteiger charge is 2.31. The van der Waals surface area contributed by atoms with E-state index in [1.807, 2.05) is 36.9 Å². The normalized spacial score (nSPS) is 15.5. The molecular formula is C21H24N4O5S. The van der Waals surface area contributed by atoms with Crippen LogP contribution in [0.2, 0.25) is 0 Å². The van der Waals surface area contributed by atoms with Crippen LogP contribution in [0.3, 0.4) is 0 Å². The molecule has 3 rings (SSSR count). The first-order valence-corrected chi connectivity index (χ1v) is 11.1. The molecule has 0 saturated carbocycles. The summed E-state index contributed by atoms with van der Waals surface area (Å²) in [6.07, 6.45) is 0. The van der Waals surface area contributed by atoms with Crippen LogP contribution in [0.1, 0.15) is 19.4 Å². The Bertz CT molecular complexity index is 1160. The maximum atomic E-state index is 12.9. The standard InChI is InChI=1S/C21H24N4O5S/c1-4-24(11-12-26)17-7-10-19(14(2)13-17)22-20-15(3)23-25(21(20)27)16-5-8-18(9-6-16)31(28,29)30/h5-10,13,26H,4,11-12H2,1-3H3,(H,28,29,30). The van der Waals surface area contributed by atoms with Crippen LogP contribution in [0.25, 0.3) is 0 Å². The number of hydrazone groups is 1. The van der Waals surface area contributed by atoms with Crippen molar-refractivity contribution < 1.29 is 22.9 Å². The monoisotopic (exact) mass is 444 g/mol. The lowest BCUT2D eigenvalue weighted by Crippen LogP contribution is -2.27. The van der Waals surface area contributed by atoms with E-state index in [0.29, 0.717) is 23.6 Å². The van der Waals surface area contributed by atoms with Crippen molar-refractivity contribution in [2.45, 2.75) is 25.7 Å². The number of amides is 1. The summed E-state index contributed by atoms with van der Waals surface area (Å²) in [5.74, 6) is -0.434. The molecule has 2 aromatic rings. The zero-order valence-electron chi connectivity index (χ0n) is 17.5. The van der Waals surface area contributed by atoms with Gasteiger partial charge >= 0.3 is 0 Å². The Morgan fingerprint density at radius 1 is 1.13 bits per heavy atom. The number of hydrogen-bond donors (Lipinski definition) is 2. The van der Waals surface area contributed by atoms with Crippen molar-refractivity contribution in [1.29, 1.82) is 0 Å². The maximum absolute atomic E-state index is 12.9. The first-order chi connectivity index (χ1) is 14.7. The SMILES string of the molecule is CCN(CCO)c1ccc(N=C2C(=O)N(c3ccc(S(=O)(=O)O)cc3)N=C2C)c(C)c1. The number of likely N-dealkylation sites (N-methyl/N-ethyl adjacent to an activating group) is 1. The lowest BCUT2D eigenvalue weighted by atomic mass is 10.1. The van der Waals surface area contributed by atoms with E-state index in [2.05, 4.69) is 10.1 Å². The van der Waals surface area contributed by atoms with Gasteiger partial charge in [0, 0.05) is 18.8 Å². The number of benzene rings is 2. The second kappa shape index (κ2) is 8.96. The molecule has 2 aromatic carbocycles. The molecule has 31 heavy (non-hydrogen) atoms. The average molecular weight is 445 g/mol. The smallest absolute Gasteiger partial charge is 0.299 e. The zero-order valence-corrected chi connectivity index (χ0v) is 18.3. The molecule has 0 fully saturated rings. The fourth-order valence-corrected chi connectivity index (χ4v) is 3.71. The zero-order chi connectivity index (χ0) is 22.8. The number of nitrogens with zero attached hydrogens (tertiary/aromatic N) is 4. The van der Waals surface area contributed by atoms with E-state index in [9.17, 15) is 18.3 Å². The van der Waals surface area contributed by atoms with E-state index in [1.165, 1.54) is 24.3 Å². The number of aliphatic hydroxyl groups excluding tert-OH is 1. The van der Waals surface area contributed by atoms with Crippen molar-refractivity contribution >= 4 is 44.5 Å². The van der Waals surface area contributed by atoms with Crippen LogP contribution >= 0.6 is 0 Å². The van der Waals surface area contributed by atoms with Gasteiger partial charge in [-0.05, 0) is 68.8 Å². The van der Waals surface area contributed by atoms with Crippen LogP contribution in [0.4, 0.5) is 17.1 Å². The minimum absolute atomic E-state index is 0.0577. The Morgan fingerprint density at radius 2 is 1.81 bits per heavy atom. The molecule has 0 bridgehead atoms. The molecule has 164 valence electrons. The van der Waals surface area contributed by atoms with Gasteiger partial charge in [0.2, 0.25) is 0 Å². The quantitative estimate of drug-likeness (QED) is 0.633. The van der Waals surface area contributed by atoms with Crippen molar-refractivity contribution in [3.63, 3.8) is 0 Å². The Labute approximate surface area is 181 Å². The molecule has 9 nitrogen and oxygen atoms in total. The molecule has 0 spiro atoms. The molecule has 1 heterocycles. The number of rotatable bonds is 7. The number of aliphatic imine (C=N–C) groups is 1. The number of hydrogen-bond acceptors (Lipinski definition) is 7. The van der Waals surface area contributed by atoms with Gasteiger partial charge in [-0.3, -0.25) is 9.35 Å². The summed E-state index contributed by atoms with van der Waals surface area (Å²) in [4.78, 5) is 19.2. The molecule has 0 atom stereocenters. The molecule has 0 radical (unpaired) electrons. The van der Waals surface area contributed by atoms with Gasteiger partial charge in [0.1, 0.15) is 0 Å². The van der Waals surface area contributed by atoms with E-state index in [1.54, 1.807) is 6.92 Å². The fraction of sp³-hybridized carbons (Fsp3) is 0.286. The van der Waals surface area contributed by atoms with Crippen LogP contribution in [0, 0.1) is 6.92 Å². The molecule has 0 aliphatic carbocycles. The lowest BCUT2D eigenvalue weighted by molar-refractivity contribution is -0.112. The first kappa shape index (κ1) is 22.6. The van der Waals surface area contributed by atoms with Crippen LogP contribution in [0.5, 0.6) is 0 Å². The summed E-state index contributed by atoms with van der Waals surface area (Å²) in [5, 5.41) is 14.6. The second-order valence-electron chi connectivity index (χ2n) is 7.01. The van der Waals surface area contributed by atoms with Crippen LogP contribution in [-0.4, -0.2) is 55.1 Å². The van der Waals surface area contributed by atoms with Gasteiger partial charge in [0.15, 0.2) is 5.71 Å². The second-order valence-corrected chi connectivity index (χ2v) is 8.43. The molecule has 1 aliphatic heterocycles. The highest BCUT2D eigenvalue weighted by Crippen LogP contribution is 2.27. The summed E-state index contributed by atoms with van der Waals surface area (Å²) in [5.41, 5.74) is 3.45. The van der Waals surface area contributed by atoms with Gasteiger partial charge in [-0.25, -0.2) is 4.99 Å². The van der Waals surface area contributed by atoms with E-state index in [0.717, 1.165) is 22.8 Å². The summed E-state index contributed by atoms with van der Waals surface area (Å²) >= 11 is 0. The van der Waals surface area contributed by atoms with Gasteiger partial charge in [0.05, 0.1) is 28.6 Å². The van der Waals surface area contributed by atoms with Gasteiger partial charge < -0.3 is 10.0 Å². The largest absolute Gasteiger partial charge is 0.395 e. The van der Waals surface area contributed by atoms with Gasteiger partial charge in [0.25, 0.3) is 16.0 Å². The topological polar surface area (TPSA) is 123 Å². The maximum Gasteiger partial charge on any atom is 0.299 e. The Morgan fingerprint density at radius 3 is 2.35 bits per heavy atom. The fourth-order valence-electron chi connectivity index (χ4n) is 3.23. The summed E-state index contributed by atoms with van der Waals surface area (Å²) in [7, 11) is -4.32. The third kappa shape index (κ3) is 4.82. The van der Waals surface area contributed by atoms with Crippen molar-refractivity contribution in [3.8, 4) is 0 Å². The Balaban J connectivity index is 1.88. The van der Waals surface area contributed by atoms with E-state index in [-0.39, 0.29) is 17.2 Å². The van der Waals surface area contributed by atoms with Crippen molar-refractivity contribution in [2.24, 2.45) is 10.1 Å². The summed E-state index contributed by atoms with van der Waals surface area (Å²) in [6.45, 7) is 6.92. The third-order valence-electron chi connectivity index (χ3n) is 4.90. The highest BCUT2D eigenvalue weighted by molar-refractivity contribution is 7.85. The first-order valence-electron chi connectivity index (χ1n) is 9.68. The van der Waals surface area contributed by atoms with Crippen LogP contribution < -0.4 is 9.91 Å². The number of carbonyl (C=O) groups excluding carboxylic acids is 1. The predicted octanol–water partition coefficient (Wildman–Crippen LogP) is 2.56. The molecular weight excluding hydrogens is 420 g/mol. The highest BCUT2D eigenvalue weighted by atomic mass is 32.2. The van der Waals surface area contributed by atoms with Crippen LogP contribution in [-0.2, 0) is 14.9 Å². The van der Waals surface area contributed by atoms with Crippen molar-refractivity contribution in [3.05, 3.63) is 48.0 Å². The molecule has 1 aliphatic rings. The number of carbonyl (C=O) groups is 1. The molecule has 10 heteroatoms.